The lowest BCUT2D eigenvalue weighted by Gasteiger charge is -2.14. The molecule has 1 aromatic heterocycles. The zero-order valence-corrected chi connectivity index (χ0v) is 16.7. The third-order valence-electron chi connectivity index (χ3n) is 5.87. The van der Waals surface area contributed by atoms with E-state index < -0.39 is 0 Å². The van der Waals surface area contributed by atoms with Gasteiger partial charge in [-0.2, -0.15) is 5.10 Å². The van der Waals surface area contributed by atoms with Gasteiger partial charge in [-0.3, -0.25) is 4.79 Å². The molecule has 2 aliphatic carbocycles. The quantitative estimate of drug-likeness (QED) is 0.618. The number of hydrogen-bond acceptors (Lipinski definition) is 2. The molecule has 142 valence electrons. The van der Waals surface area contributed by atoms with E-state index in [9.17, 15) is 4.79 Å². The van der Waals surface area contributed by atoms with Crippen LogP contribution in [0.2, 0.25) is 10.0 Å². The molecule has 2 aromatic carbocycles. The number of rotatable bonds is 4. The number of hydrogen-bond donors (Lipinski definition) is 1. The van der Waals surface area contributed by atoms with Gasteiger partial charge in [-0.05, 0) is 61.1 Å². The predicted octanol–water partition coefficient (Wildman–Crippen LogP) is 5.47. The molecule has 0 aliphatic heterocycles. The average Bonchev–Trinajstić information content (AvgIpc) is 3.40. The summed E-state index contributed by atoms with van der Waals surface area (Å²) in [5, 5.41) is 9.07. The second kappa shape index (κ2) is 6.94. The second-order valence-electron chi connectivity index (χ2n) is 7.52. The minimum absolute atomic E-state index is 0.142. The standard InChI is InChI=1S/C22H19Cl2N3O/c23-16-7-9-17(10-8-16)27-21-14-6-5-13(11-14)19(21)20(26-27)22(28)25-12-15-3-1-2-4-18(15)24/h1-4,7-10,13-14H,5-6,11-12H2,(H,25,28)/t13-,14-/m0/s1. The maximum atomic E-state index is 13.0. The molecule has 1 heterocycles. The number of fused-ring (bicyclic) bond motifs is 5. The highest BCUT2D eigenvalue weighted by molar-refractivity contribution is 6.31. The van der Waals surface area contributed by atoms with Gasteiger partial charge in [0.1, 0.15) is 0 Å². The number of nitrogens with zero attached hydrogens (tertiary/aromatic N) is 2. The zero-order valence-electron chi connectivity index (χ0n) is 15.2. The third-order valence-corrected chi connectivity index (χ3v) is 6.49. The fraction of sp³-hybridized carbons (Fsp3) is 0.273. The Kier molecular flexibility index (Phi) is 4.41. The van der Waals surface area contributed by atoms with Crippen LogP contribution in [0.15, 0.2) is 48.5 Å². The second-order valence-corrected chi connectivity index (χ2v) is 8.36. The first-order chi connectivity index (χ1) is 13.6. The molecule has 2 bridgehead atoms. The summed E-state index contributed by atoms with van der Waals surface area (Å²) >= 11 is 12.3. The van der Waals surface area contributed by atoms with Crippen molar-refractivity contribution in [2.45, 2.75) is 37.6 Å². The van der Waals surface area contributed by atoms with E-state index in [1.54, 1.807) is 0 Å². The van der Waals surface area contributed by atoms with Gasteiger partial charge < -0.3 is 5.32 Å². The molecule has 0 spiro atoms. The Morgan fingerprint density at radius 3 is 2.61 bits per heavy atom. The number of nitrogens with one attached hydrogen (secondary N) is 1. The van der Waals surface area contributed by atoms with Crippen molar-refractivity contribution in [1.82, 2.24) is 15.1 Å². The molecule has 1 saturated carbocycles. The number of carbonyl (C=O) groups is 1. The van der Waals surface area contributed by atoms with Gasteiger partial charge in [0.05, 0.1) is 11.4 Å². The number of benzene rings is 2. The topological polar surface area (TPSA) is 46.9 Å². The minimum Gasteiger partial charge on any atom is -0.346 e. The lowest BCUT2D eigenvalue weighted by Crippen LogP contribution is -2.25. The summed E-state index contributed by atoms with van der Waals surface area (Å²) in [5.74, 6) is 0.770. The molecule has 0 unspecified atom stereocenters. The molecule has 28 heavy (non-hydrogen) atoms. The number of carbonyl (C=O) groups excluding carboxylic acids is 1. The zero-order chi connectivity index (χ0) is 19.3. The van der Waals surface area contributed by atoms with Gasteiger partial charge in [0.15, 0.2) is 5.69 Å². The third kappa shape index (κ3) is 2.92. The van der Waals surface area contributed by atoms with Crippen molar-refractivity contribution in [1.29, 1.82) is 0 Å². The van der Waals surface area contributed by atoms with Gasteiger partial charge >= 0.3 is 0 Å². The molecule has 5 rings (SSSR count). The highest BCUT2D eigenvalue weighted by atomic mass is 35.5. The molecule has 6 heteroatoms. The Labute approximate surface area is 173 Å². The molecular formula is C22H19Cl2N3O. The number of amides is 1. The van der Waals surface area contributed by atoms with Crippen molar-refractivity contribution in [3.05, 3.63) is 81.1 Å². The molecular weight excluding hydrogens is 393 g/mol. The van der Waals surface area contributed by atoms with Crippen LogP contribution in [0.4, 0.5) is 0 Å². The summed E-state index contributed by atoms with van der Waals surface area (Å²) in [6.07, 6.45) is 3.41. The fourth-order valence-corrected chi connectivity index (χ4v) is 4.91. The highest BCUT2D eigenvalue weighted by Crippen LogP contribution is 2.54. The molecule has 1 fully saturated rings. The van der Waals surface area contributed by atoms with E-state index in [1.165, 1.54) is 5.69 Å². The summed E-state index contributed by atoms with van der Waals surface area (Å²) in [6.45, 7) is 0.384. The van der Waals surface area contributed by atoms with Crippen LogP contribution >= 0.6 is 23.2 Å². The van der Waals surface area contributed by atoms with Crippen LogP contribution in [0.3, 0.4) is 0 Å². The van der Waals surface area contributed by atoms with Crippen molar-refractivity contribution in [2.75, 3.05) is 0 Å². The van der Waals surface area contributed by atoms with E-state index >= 15 is 0 Å². The van der Waals surface area contributed by atoms with E-state index in [0.29, 0.717) is 34.1 Å². The van der Waals surface area contributed by atoms with Gasteiger partial charge in [-0.1, -0.05) is 41.4 Å². The Morgan fingerprint density at radius 1 is 1.07 bits per heavy atom. The fourth-order valence-electron chi connectivity index (χ4n) is 4.58. The maximum Gasteiger partial charge on any atom is 0.272 e. The van der Waals surface area contributed by atoms with Gasteiger partial charge in [0, 0.05) is 28.1 Å². The van der Waals surface area contributed by atoms with Crippen molar-refractivity contribution in [2.24, 2.45) is 0 Å². The van der Waals surface area contributed by atoms with Crippen molar-refractivity contribution in [3.8, 4) is 5.69 Å². The normalized spacial score (nSPS) is 19.6. The summed E-state index contributed by atoms with van der Waals surface area (Å²) < 4.78 is 1.94. The van der Waals surface area contributed by atoms with Crippen LogP contribution in [0.5, 0.6) is 0 Å². The summed E-state index contributed by atoms with van der Waals surface area (Å²) in [4.78, 5) is 13.0. The lowest BCUT2D eigenvalue weighted by atomic mass is 9.95. The van der Waals surface area contributed by atoms with Crippen LogP contribution in [0, 0.1) is 0 Å². The monoisotopic (exact) mass is 411 g/mol. The van der Waals surface area contributed by atoms with Crippen LogP contribution < -0.4 is 5.32 Å². The first kappa shape index (κ1) is 17.8. The maximum absolute atomic E-state index is 13.0. The van der Waals surface area contributed by atoms with Crippen LogP contribution in [0.1, 0.15) is 58.4 Å². The van der Waals surface area contributed by atoms with Crippen molar-refractivity contribution >= 4 is 29.1 Å². The van der Waals surface area contributed by atoms with E-state index in [1.807, 2.05) is 53.2 Å². The Hall–Kier alpha value is -2.30. The Balaban J connectivity index is 1.49. The van der Waals surface area contributed by atoms with Crippen LogP contribution in [-0.4, -0.2) is 15.7 Å². The number of aromatic nitrogens is 2. The lowest BCUT2D eigenvalue weighted by molar-refractivity contribution is 0.0944. The molecule has 2 aliphatic rings. The summed E-state index contributed by atoms with van der Waals surface area (Å²) in [7, 11) is 0. The first-order valence-electron chi connectivity index (χ1n) is 9.52. The molecule has 1 amide bonds. The summed E-state index contributed by atoms with van der Waals surface area (Å²) in [6, 6.07) is 15.2. The average molecular weight is 412 g/mol. The minimum atomic E-state index is -0.142. The highest BCUT2D eigenvalue weighted by Gasteiger charge is 2.44. The van der Waals surface area contributed by atoms with Crippen LogP contribution in [0.25, 0.3) is 5.69 Å². The van der Waals surface area contributed by atoms with Gasteiger partial charge in [-0.25, -0.2) is 4.68 Å². The first-order valence-corrected chi connectivity index (χ1v) is 10.3. The largest absolute Gasteiger partial charge is 0.346 e. The van der Waals surface area contributed by atoms with E-state index in [0.717, 1.165) is 36.1 Å². The Bertz CT molecular complexity index is 1060. The predicted molar refractivity (Wildman–Crippen MR) is 111 cm³/mol. The molecule has 4 nitrogen and oxygen atoms in total. The molecule has 1 N–H and O–H groups in total. The van der Waals surface area contributed by atoms with Crippen LogP contribution in [-0.2, 0) is 6.54 Å². The molecule has 2 atom stereocenters. The van der Waals surface area contributed by atoms with Crippen molar-refractivity contribution < 1.29 is 4.79 Å². The molecule has 0 saturated heterocycles. The Morgan fingerprint density at radius 2 is 1.82 bits per heavy atom. The van der Waals surface area contributed by atoms with E-state index in [2.05, 4.69) is 5.32 Å². The molecule has 3 aromatic rings. The number of halogens is 2. The molecule has 0 radical (unpaired) electrons. The van der Waals surface area contributed by atoms with E-state index in [-0.39, 0.29) is 5.91 Å². The van der Waals surface area contributed by atoms with Gasteiger partial charge in [0.25, 0.3) is 5.91 Å². The smallest absolute Gasteiger partial charge is 0.272 e. The van der Waals surface area contributed by atoms with Gasteiger partial charge in [-0.15, -0.1) is 0 Å². The SMILES string of the molecule is O=C(NCc1ccccc1Cl)c1nn(-c2ccc(Cl)cc2)c2c1[C@H]1CC[C@H]2C1. The van der Waals surface area contributed by atoms with Crippen molar-refractivity contribution in [3.63, 3.8) is 0 Å². The van der Waals surface area contributed by atoms with Gasteiger partial charge in [0.2, 0.25) is 0 Å². The summed E-state index contributed by atoms with van der Waals surface area (Å²) in [5.41, 5.74) is 4.71. The van der Waals surface area contributed by atoms with E-state index in [4.69, 9.17) is 28.3 Å².